The van der Waals surface area contributed by atoms with Gasteiger partial charge in [-0.2, -0.15) is 0 Å². The second kappa shape index (κ2) is 7.20. The van der Waals surface area contributed by atoms with Crippen molar-refractivity contribution < 1.29 is 4.79 Å². The van der Waals surface area contributed by atoms with E-state index in [2.05, 4.69) is 20.9 Å². The van der Waals surface area contributed by atoms with Gasteiger partial charge in [-0.1, -0.05) is 23.2 Å². The quantitative estimate of drug-likeness (QED) is 0.675. The van der Waals surface area contributed by atoms with E-state index in [1.165, 1.54) is 32.1 Å². The summed E-state index contributed by atoms with van der Waals surface area (Å²) < 4.78 is 0. The fourth-order valence-corrected chi connectivity index (χ4v) is 5.71. The molecule has 7 heteroatoms. The number of carbonyl (C=O) groups is 1. The van der Waals surface area contributed by atoms with Crippen LogP contribution in [0.4, 0.5) is 10.6 Å². The van der Waals surface area contributed by atoms with E-state index in [1.54, 1.807) is 12.3 Å². The topological polar surface area (TPSA) is 66.0 Å². The molecular formula is C18H24Cl2N4O. The van der Waals surface area contributed by atoms with Crippen LogP contribution < -0.4 is 16.0 Å². The maximum Gasteiger partial charge on any atom is 0.315 e. The molecule has 0 spiro atoms. The largest absolute Gasteiger partial charge is 0.367 e. The van der Waals surface area contributed by atoms with Gasteiger partial charge in [0.25, 0.3) is 0 Å². The molecule has 4 aliphatic carbocycles. The number of rotatable bonds is 5. The first kappa shape index (κ1) is 17.2. The van der Waals surface area contributed by atoms with E-state index in [9.17, 15) is 4.79 Å². The number of urea groups is 1. The lowest BCUT2D eigenvalue weighted by atomic mass is 9.54. The Kier molecular flexibility index (Phi) is 4.96. The number of carbonyl (C=O) groups excluding carboxylic acids is 1. The molecule has 0 radical (unpaired) electrons. The van der Waals surface area contributed by atoms with E-state index in [1.807, 2.05) is 0 Å². The zero-order valence-electron chi connectivity index (χ0n) is 14.1. The maximum absolute atomic E-state index is 12.2. The summed E-state index contributed by atoms with van der Waals surface area (Å²) in [6, 6.07) is 1.95. The number of nitrogens with one attached hydrogen (secondary N) is 3. The van der Waals surface area contributed by atoms with Crippen molar-refractivity contribution in [3.63, 3.8) is 0 Å². The minimum absolute atomic E-state index is 0.0607. The molecule has 0 aromatic carbocycles. The molecule has 0 saturated heterocycles. The molecule has 25 heavy (non-hydrogen) atoms. The van der Waals surface area contributed by atoms with Crippen molar-refractivity contribution in [1.29, 1.82) is 0 Å². The molecule has 4 saturated carbocycles. The van der Waals surface area contributed by atoms with E-state index in [0.29, 0.717) is 46.8 Å². The molecule has 1 aromatic rings. The van der Waals surface area contributed by atoms with Gasteiger partial charge in [-0.3, -0.25) is 0 Å². The second-order valence-electron chi connectivity index (χ2n) is 7.77. The van der Waals surface area contributed by atoms with Crippen molar-refractivity contribution in [2.75, 3.05) is 18.4 Å². The zero-order chi connectivity index (χ0) is 17.4. The molecule has 2 amide bonds. The molecule has 0 atom stereocenters. The number of amides is 2. The van der Waals surface area contributed by atoms with Crippen LogP contribution in [0, 0.1) is 23.7 Å². The van der Waals surface area contributed by atoms with Gasteiger partial charge >= 0.3 is 6.03 Å². The predicted octanol–water partition coefficient (Wildman–Crippen LogP) is 3.92. The van der Waals surface area contributed by atoms with Crippen LogP contribution >= 0.6 is 23.2 Å². The molecule has 4 fully saturated rings. The van der Waals surface area contributed by atoms with E-state index in [-0.39, 0.29) is 6.03 Å². The summed E-state index contributed by atoms with van der Waals surface area (Å²) in [6.07, 6.45) is 8.20. The van der Waals surface area contributed by atoms with Crippen LogP contribution in [0.2, 0.25) is 10.0 Å². The standard InChI is InChI=1S/C18H24Cl2N4O/c19-14-8-15(20)17(23-9-14)21-1-2-22-18(25)24-16-12-4-10-3-11(6-12)7-13(16)5-10/h8-13,16H,1-7H2,(H,21,23)(H2,22,24,25). The summed E-state index contributed by atoms with van der Waals surface area (Å²) in [5.74, 6) is 3.80. The van der Waals surface area contributed by atoms with Gasteiger partial charge in [0.2, 0.25) is 0 Å². The minimum Gasteiger partial charge on any atom is -0.367 e. The highest BCUT2D eigenvalue weighted by molar-refractivity contribution is 6.35. The average molecular weight is 383 g/mol. The molecule has 5 nitrogen and oxygen atoms in total. The summed E-state index contributed by atoms with van der Waals surface area (Å²) in [5, 5.41) is 10.3. The maximum atomic E-state index is 12.2. The van der Waals surface area contributed by atoms with Crippen molar-refractivity contribution in [2.45, 2.75) is 38.1 Å². The number of aromatic nitrogens is 1. The first-order valence-electron chi connectivity index (χ1n) is 9.17. The predicted molar refractivity (Wildman–Crippen MR) is 100 cm³/mol. The van der Waals surface area contributed by atoms with Crippen LogP contribution in [0.1, 0.15) is 32.1 Å². The second-order valence-corrected chi connectivity index (χ2v) is 8.61. The molecule has 1 heterocycles. The number of halogens is 2. The summed E-state index contributed by atoms with van der Waals surface area (Å²) in [4.78, 5) is 16.4. The zero-order valence-corrected chi connectivity index (χ0v) is 15.6. The van der Waals surface area contributed by atoms with Crippen LogP contribution in [-0.4, -0.2) is 30.1 Å². The van der Waals surface area contributed by atoms with Crippen LogP contribution in [0.15, 0.2) is 12.3 Å². The molecule has 0 unspecified atom stereocenters. The van der Waals surface area contributed by atoms with Crippen molar-refractivity contribution in [3.05, 3.63) is 22.3 Å². The van der Waals surface area contributed by atoms with Gasteiger partial charge in [0.15, 0.2) is 0 Å². The van der Waals surface area contributed by atoms with Crippen molar-refractivity contribution in [3.8, 4) is 0 Å². The summed E-state index contributed by atoms with van der Waals surface area (Å²) in [5.41, 5.74) is 0. The molecular weight excluding hydrogens is 359 g/mol. The average Bonchev–Trinajstić information content (AvgIpc) is 2.56. The van der Waals surface area contributed by atoms with E-state index in [0.717, 1.165) is 11.8 Å². The number of nitrogens with zero attached hydrogens (tertiary/aromatic N) is 1. The van der Waals surface area contributed by atoms with Gasteiger partial charge in [0, 0.05) is 25.3 Å². The third-order valence-electron chi connectivity index (χ3n) is 6.04. The Balaban J connectivity index is 1.21. The van der Waals surface area contributed by atoms with Crippen molar-refractivity contribution in [2.24, 2.45) is 23.7 Å². The first-order valence-corrected chi connectivity index (χ1v) is 9.93. The lowest BCUT2D eigenvalue weighted by Gasteiger charge is -2.54. The smallest absolute Gasteiger partial charge is 0.315 e. The van der Waals surface area contributed by atoms with Crippen LogP contribution in [0.25, 0.3) is 0 Å². The third kappa shape index (κ3) is 3.82. The first-order chi connectivity index (χ1) is 12.1. The number of hydrogen-bond donors (Lipinski definition) is 3. The molecule has 4 bridgehead atoms. The van der Waals surface area contributed by atoms with Crippen LogP contribution in [0.3, 0.4) is 0 Å². The minimum atomic E-state index is -0.0607. The fourth-order valence-electron chi connectivity index (χ4n) is 5.26. The number of hydrogen-bond acceptors (Lipinski definition) is 3. The van der Waals surface area contributed by atoms with Crippen LogP contribution in [0.5, 0.6) is 0 Å². The summed E-state index contributed by atoms with van der Waals surface area (Å²) >= 11 is 11.9. The molecule has 5 rings (SSSR count). The monoisotopic (exact) mass is 382 g/mol. The van der Waals surface area contributed by atoms with Gasteiger partial charge in [-0.05, 0) is 61.8 Å². The van der Waals surface area contributed by atoms with E-state index < -0.39 is 0 Å². The van der Waals surface area contributed by atoms with Gasteiger partial charge < -0.3 is 16.0 Å². The lowest BCUT2D eigenvalue weighted by molar-refractivity contribution is -0.00939. The van der Waals surface area contributed by atoms with E-state index >= 15 is 0 Å². The van der Waals surface area contributed by atoms with Crippen molar-refractivity contribution >= 4 is 35.1 Å². The molecule has 3 N–H and O–H groups in total. The Morgan fingerprint density at radius 3 is 2.40 bits per heavy atom. The van der Waals surface area contributed by atoms with Crippen LogP contribution in [-0.2, 0) is 0 Å². The molecule has 136 valence electrons. The third-order valence-corrected chi connectivity index (χ3v) is 6.53. The Hall–Kier alpha value is -1.20. The van der Waals surface area contributed by atoms with Gasteiger partial charge in [-0.15, -0.1) is 0 Å². The Bertz CT molecular complexity index is 626. The number of anilines is 1. The highest BCUT2D eigenvalue weighted by Gasteiger charge is 2.48. The Morgan fingerprint density at radius 1 is 1.08 bits per heavy atom. The van der Waals surface area contributed by atoms with E-state index in [4.69, 9.17) is 23.2 Å². The fraction of sp³-hybridized carbons (Fsp3) is 0.667. The molecule has 0 aliphatic heterocycles. The highest BCUT2D eigenvalue weighted by Crippen LogP contribution is 2.53. The molecule has 4 aliphatic rings. The van der Waals surface area contributed by atoms with Gasteiger partial charge in [-0.25, -0.2) is 9.78 Å². The molecule has 1 aromatic heterocycles. The normalized spacial score (nSPS) is 32.5. The Labute approximate surface area is 158 Å². The van der Waals surface area contributed by atoms with Gasteiger partial charge in [0.05, 0.1) is 10.0 Å². The Morgan fingerprint density at radius 2 is 1.76 bits per heavy atom. The summed E-state index contributed by atoms with van der Waals surface area (Å²) in [7, 11) is 0. The SMILES string of the molecule is O=C(NCCNc1ncc(Cl)cc1Cl)NC1C2CC3CC(C2)CC1C3. The number of pyridine rings is 1. The lowest BCUT2D eigenvalue weighted by Crippen LogP contribution is -2.57. The van der Waals surface area contributed by atoms with Gasteiger partial charge in [0.1, 0.15) is 5.82 Å². The van der Waals surface area contributed by atoms with Crippen molar-refractivity contribution in [1.82, 2.24) is 15.6 Å². The summed E-state index contributed by atoms with van der Waals surface area (Å²) in [6.45, 7) is 1.07. The highest BCUT2D eigenvalue weighted by atomic mass is 35.5.